The van der Waals surface area contributed by atoms with Crippen molar-refractivity contribution in [1.29, 1.82) is 5.26 Å². The van der Waals surface area contributed by atoms with Crippen molar-refractivity contribution in [2.75, 3.05) is 0 Å². The van der Waals surface area contributed by atoms with Crippen molar-refractivity contribution in [3.05, 3.63) is 157 Å². The third kappa shape index (κ3) is 3.75. The SMILES string of the molecule is N#Cc1ccc2c(c1)c1cc3oc4ccccc4c3cc1n2-c1cccc(-c2cccc(-n3c4ccccc4c4ccccc43)c2)c1. The molecular formula is C43H25N3O. The van der Waals surface area contributed by atoms with Gasteiger partial charge in [-0.2, -0.15) is 5.26 Å². The number of aromatic nitrogens is 2. The Morgan fingerprint density at radius 2 is 0.979 bits per heavy atom. The fraction of sp³-hybridized carbons (Fsp3) is 0. The highest BCUT2D eigenvalue weighted by Gasteiger charge is 2.18. The first-order valence-corrected chi connectivity index (χ1v) is 15.7. The third-order valence-corrected chi connectivity index (χ3v) is 9.51. The molecule has 0 atom stereocenters. The van der Waals surface area contributed by atoms with Crippen LogP contribution in [0.1, 0.15) is 5.56 Å². The highest BCUT2D eigenvalue weighted by molar-refractivity contribution is 6.17. The van der Waals surface area contributed by atoms with E-state index >= 15 is 0 Å². The highest BCUT2D eigenvalue weighted by atomic mass is 16.3. The second kappa shape index (κ2) is 9.71. The van der Waals surface area contributed by atoms with Gasteiger partial charge in [-0.05, 0) is 83.9 Å². The zero-order valence-corrected chi connectivity index (χ0v) is 25.2. The minimum atomic E-state index is 0.636. The van der Waals surface area contributed by atoms with Crippen LogP contribution < -0.4 is 0 Å². The van der Waals surface area contributed by atoms with Crippen molar-refractivity contribution >= 4 is 65.6 Å². The van der Waals surface area contributed by atoms with Crippen molar-refractivity contribution in [3.63, 3.8) is 0 Å². The average Bonchev–Trinajstić information content (AvgIpc) is 3.77. The molecule has 7 aromatic carbocycles. The van der Waals surface area contributed by atoms with E-state index in [1.807, 2.05) is 30.3 Å². The van der Waals surface area contributed by atoms with E-state index in [0.717, 1.165) is 66.2 Å². The van der Waals surface area contributed by atoms with Gasteiger partial charge in [-0.3, -0.25) is 0 Å². The number of nitriles is 1. The maximum atomic E-state index is 9.75. The molecule has 47 heavy (non-hydrogen) atoms. The number of furan rings is 1. The smallest absolute Gasteiger partial charge is 0.136 e. The predicted molar refractivity (Wildman–Crippen MR) is 193 cm³/mol. The Kier molecular flexibility index (Phi) is 5.32. The summed E-state index contributed by atoms with van der Waals surface area (Å²) in [6, 6.07) is 55.6. The second-order valence-electron chi connectivity index (χ2n) is 12.1. The molecule has 0 saturated carbocycles. The molecule has 218 valence electrons. The summed E-state index contributed by atoms with van der Waals surface area (Å²) in [6.07, 6.45) is 0. The number of rotatable bonds is 3. The molecule has 3 heterocycles. The number of hydrogen-bond acceptors (Lipinski definition) is 2. The molecule has 0 aliphatic rings. The van der Waals surface area contributed by atoms with Gasteiger partial charge in [0.05, 0.1) is 33.7 Å². The van der Waals surface area contributed by atoms with Gasteiger partial charge in [0.1, 0.15) is 11.2 Å². The molecular weight excluding hydrogens is 574 g/mol. The van der Waals surface area contributed by atoms with Gasteiger partial charge in [0.15, 0.2) is 0 Å². The summed E-state index contributed by atoms with van der Waals surface area (Å²) in [5.41, 5.74) is 11.3. The lowest BCUT2D eigenvalue weighted by Gasteiger charge is -2.13. The molecule has 0 spiro atoms. The van der Waals surface area contributed by atoms with Crippen LogP contribution in [0.25, 0.3) is 88.1 Å². The normalized spacial score (nSPS) is 11.8. The van der Waals surface area contributed by atoms with Crippen molar-refractivity contribution in [2.24, 2.45) is 0 Å². The summed E-state index contributed by atoms with van der Waals surface area (Å²) >= 11 is 0. The summed E-state index contributed by atoms with van der Waals surface area (Å²) in [5.74, 6) is 0. The molecule has 10 aromatic rings. The van der Waals surface area contributed by atoms with Crippen molar-refractivity contribution in [2.45, 2.75) is 0 Å². The summed E-state index contributed by atoms with van der Waals surface area (Å²) in [4.78, 5) is 0. The number of nitrogens with zero attached hydrogens (tertiary/aromatic N) is 3. The molecule has 0 unspecified atom stereocenters. The molecule has 0 amide bonds. The Hall–Kier alpha value is -6.57. The Morgan fingerprint density at radius 1 is 0.404 bits per heavy atom. The number of benzene rings is 7. The van der Waals surface area contributed by atoms with Gasteiger partial charge < -0.3 is 13.6 Å². The molecule has 0 saturated heterocycles. The molecule has 0 aliphatic carbocycles. The lowest BCUT2D eigenvalue weighted by atomic mass is 10.0. The number of para-hydroxylation sites is 3. The number of fused-ring (bicyclic) bond motifs is 9. The van der Waals surface area contributed by atoms with E-state index in [9.17, 15) is 5.26 Å². The fourth-order valence-corrected chi connectivity index (χ4v) is 7.43. The van der Waals surface area contributed by atoms with Gasteiger partial charge in [-0.1, -0.05) is 78.9 Å². The van der Waals surface area contributed by atoms with Crippen molar-refractivity contribution < 1.29 is 4.42 Å². The summed E-state index contributed by atoms with van der Waals surface area (Å²) in [7, 11) is 0. The molecule has 10 rings (SSSR count). The molecule has 0 aliphatic heterocycles. The number of hydrogen-bond donors (Lipinski definition) is 0. The lowest BCUT2D eigenvalue weighted by Crippen LogP contribution is -1.96. The van der Waals surface area contributed by atoms with Gasteiger partial charge in [-0.15, -0.1) is 0 Å². The van der Waals surface area contributed by atoms with Crippen LogP contribution in [-0.2, 0) is 0 Å². The minimum absolute atomic E-state index is 0.636. The van der Waals surface area contributed by atoms with E-state index in [2.05, 4.69) is 137 Å². The van der Waals surface area contributed by atoms with Crippen LogP contribution in [0.15, 0.2) is 156 Å². The molecule has 0 N–H and O–H groups in total. The summed E-state index contributed by atoms with van der Waals surface area (Å²) in [5, 5.41) is 16.5. The minimum Gasteiger partial charge on any atom is -0.456 e. The van der Waals surface area contributed by atoms with Gasteiger partial charge in [0, 0.05) is 43.7 Å². The first kappa shape index (κ1) is 25.7. The Morgan fingerprint density at radius 3 is 1.66 bits per heavy atom. The third-order valence-electron chi connectivity index (χ3n) is 9.51. The molecule has 0 bridgehead atoms. The van der Waals surface area contributed by atoms with Crippen LogP contribution in [0, 0.1) is 11.3 Å². The molecule has 3 aromatic heterocycles. The highest BCUT2D eigenvalue weighted by Crippen LogP contribution is 2.39. The topological polar surface area (TPSA) is 46.8 Å². The first-order valence-electron chi connectivity index (χ1n) is 15.7. The van der Waals surface area contributed by atoms with E-state index in [0.29, 0.717) is 5.56 Å². The van der Waals surface area contributed by atoms with Crippen LogP contribution in [0.4, 0.5) is 0 Å². The van der Waals surface area contributed by atoms with Crippen LogP contribution in [0.5, 0.6) is 0 Å². The molecule has 4 nitrogen and oxygen atoms in total. The maximum Gasteiger partial charge on any atom is 0.136 e. The summed E-state index contributed by atoms with van der Waals surface area (Å²) < 4.78 is 10.9. The Labute approximate surface area is 269 Å². The molecule has 4 heteroatoms. The Bertz CT molecular complexity index is 2880. The van der Waals surface area contributed by atoms with Crippen LogP contribution in [0.3, 0.4) is 0 Å². The lowest BCUT2D eigenvalue weighted by molar-refractivity contribution is 0.669. The Balaban J connectivity index is 1.19. The summed E-state index contributed by atoms with van der Waals surface area (Å²) in [6.45, 7) is 0. The van der Waals surface area contributed by atoms with Gasteiger partial charge >= 0.3 is 0 Å². The van der Waals surface area contributed by atoms with E-state index in [-0.39, 0.29) is 0 Å². The average molecular weight is 600 g/mol. The van der Waals surface area contributed by atoms with Crippen LogP contribution >= 0.6 is 0 Å². The first-order chi connectivity index (χ1) is 23.2. The molecule has 0 fully saturated rings. The van der Waals surface area contributed by atoms with Gasteiger partial charge in [0.25, 0.3) is 0 Å². The van der Waals surface area contributed by atoms with E-state index in [4.69, 9.17) is 4.42 Å². The quantitative estimate of drug-likeness (QED) is 0.203. The fourth-order valence-electron chi connectivity index (χ4n) is 7.43. The van der Waals surface area contributed by atoms with Crippen LogP contribution in [-0.4, -0.2) is 9.13 Å². The van der Waals surface area contributed by atoms with Crippen molar-refractivity contribution in [1.82, 2.24) is 9.13 Å². The van der Waals surface area contributed by atoms with E-state index < -0.39 is 0 Å². The van der Waals surface area contributed by atoms with Gasteiger partial charge in [0.2, 0.25) is 0 Å². The predicted octanol–water partition coefficient (Wildman–Crippen LogP) is 11.3. The largest absolute Gasteiger partial charge is 0.456 e. The zero-order valence-electron chi connectivity index (χ0n) is 25.2. The van der Waals surface area contributed by atoms with E-state index in [1.165, 1.54) is 21.8 Å². The second-order valence-corrected chi connectivity index (χ2v) is 12.1. The van der Waals surface area contributed by atoms with Crippen molar-refractivity contribution in [3.8, 4) is 28.6 Å². The zero-order chi connectivity index (χ0) is 31.1. The van der Waals surface area contributed by atoms with Gasteiger partial charge in [-0.25, -0.2) is 0 Å². The molecule has 0 radical (unpaired) electrons. The monoisotopic (exact) mass is 599 g/mol. The van der Waals surface area contributed by atoms with E-state index in [1.54, 1.807) is 0 Å². The maximum absolute atomic E-state index is 9.75. The standard InChI is InChI=1S/C43H25N3O/c44-26-27-19-20-40-35(21-27)36-25-43-37(34-15-3-6-18-42(34)47-43)24-41(36)46(40)31-12-8-10-29(23-31)28-9-7-11-30(22-28)45-38-16-4-1-13-32(38)33-14-2-5-17-39(33)45/h1-25H. The van der Waals surface area contributed by atoms with Crippen LogP contribution in [0.2, 0.25) is 0 Å².